The Morgan fingerprint density at radius 2 is 2.00 bits per heavy atom. The van der Waals surface area contributed by atoms with Crippen LogP contribution in [-0.4, -0.2) is 47.7 Å². The summed E-state index contributed by atoms with van der Waals surface area (Å²) < 4.78 is 28.1. The van der Waals surface area contributed by atoms with Crippen LogP contribution in [0.4, 0.5) is 0 Å². The summed E-state index contributed by atoms with van der Waals surface area (Å²) in [6, 6.07) is 0.348. The molecule has 0 unspecified atom stereocenters. The van der Waals surface area contributed by atoms with Crippen LogP contribution < -0.4 is 5.32 Å². The summed E-state index contributed by atoms with van der Waals surface area (Å²) in [6.45, 7) is 11.6. The highest BCUT2D eigenvalue weighted by Crippen LogP contribution is 2.17. The van der Waals surface area contributed by atoms with Gasteiger partial charge in [0.25, 0.3) is 0 Å². The Kier molecular flexibility index (Phi) is 6.16. The molecule has 0 amide bonds. The molecule has 1 aromatic heterocycles. The number of nitrogens with zero attached hydrogens (tertiary/aromatic N) is 3. The third-order valence-corrected chi connectivity index (χ3v) is 5.10. The highest BCUT2D eigenvalue weighted by molar-refractivity contribution is 7.89. The molecule has 1 rings (SSSR count). The molecule has 116 valence electrons. The van der Waals surface area contributed by atoms with Gasteiger partial charge in [0.05, 0.1) is 12.7 Å². The maximum Gasteiger partial charge on any atom is 0.246 e. The number of sulfonamides is 1. The Morgan fingerprint density at radius 3 is 2.50 bits per heavy atom. The molecule has 20 heavy (non-hydrogen) atoms. The van der Waals surface area contributed by atoms with Gasteiger partial charge >= 0.3 is 0 Å². The first-order valence-corrected chi connectivity index (χ1v) is 8.50. The molecule has 0 aromatic carbocycles. The van der Waals surface area contributed by atoms with E-state index in [2.05, 4.69) is 24.3 Å². The highest BCUT2D eigenvalue weighted by atomic mass is 32.2. The van der Waals surface area contributed by atoms with Crippen LogP contribution in [0.15, 0.2) is 17.3 Å². The predicted octanol–water partition coefficient (Wildman–Crippen LogP) is 1.30. The van der Waals surface area contributed by atoms with E-state index in [0.29, 0.717) is 19.1 Å². The number of hydrogen-bond donors (Lipinski definition) is 1. The molecule has 0 aliphatic rings. The van der Waals surface area contributed by atoms with E-state index in [1.807, 2.05) is 20.8 Å². The first-order chi connectivity index (χ1) is 9.28. The van der Waals surface area contributed by atoms with E-state index in [4.69, 9.17) is 0 Å². The molecule has 0 saturated carbocycles. The van der Waals surface area contributed by atoms with Crippen molar-refractivity contribution in [2.75, 3.05) is 13.1 Å². The second-order valence-corrected chi connectivity index (χ2v) is 7.24. The second kappa shape index (κ2) is 7.19. The van der Waals surface area contributed by atoms with E-state index in [9.17, 15) is 8.42 Å². The fourth-order valence-corrected chi connectivity index (χ4v) is 3.62. The van der Waals surface area contributed by atoms with E-state index in [1.54, 1.807) is 10.9 Å². The monoisotopic (exact) mass is 302 g/mol. The Balaban J connectivity index is 2.80. The standard InChI is InChI=1S/C13H26N4O2S/c1-6-17(12(4)5)20(18,19)13-9-15-16(10-13)8-7-14-11(2)3/h9-12,14H,6-8H2,1-5H3. The zero-order valence-corrected chi connectivity index (χ0v) is 13.8. The summed E-state index contributed by atoms with van der Waals surface area (Å²) in [6.07, 6.45) is 3.03. The van der Waals surface area contributed by atoms with Gasteiger partial charge < -0.3 is 5.32 Å². The Labute approximate surface area is 122 Å². The van der Waals surface area contributed by atoms with Crippen LogP contribution in [0.5, 0.6) is 0 Å². The molecule has 0 aliphatic carbocycles. The van der Waals surface area contributed by atoms with E-state index in [0.717, 1.165) is 6.54 Å². The zero-order chi connectivity index (χ0) is 15.3. The molecule has 6 nitrogen and oxygen atoms in total. The van der Waals surface area contributed by atoms with Crippen LogP contribution >= 0.6 is 0 Å². The molecule has 0 fully saturated rings. The van der Waals surface area contributed by atoms with Crippen molar-refractivity contribution in [3.05, 3.63) is 12.4 Å². The predicted molar refractivity (Wildman–Crippen MR) is 80.1 cm³/mol. The van der Waals surface area contributed by atoms with Gasteiger partial charge in [-0.2, -0.15) is 9.40 Å². The quantitative estimate of drug-likeness (QED) is 0.786. The Bertz CT molecular complexity index is 508. The van der Waals surface area contributed by atoms with E-state index in [-0.39, 0.29) is 10.9 Å². The Hall–Kier alpha value is -0.920. The number of hydrogen-bond acceptors (Lipinski definition) is 4. The molecular weight excluding hydrogens is 276 g/mol. The van der Waals surface area contributed by atoms with Gasteiger partial charge in [0.1, 0.15) is 4.90 Å². The van der Waals surface area contributed by atoms with Gasteiger partial charge in [0, 0.05) is 31.4 Å². The summed E-state index contributed by atoms with van der Waals surface area (Å²) >= 11 is 0. The van der Waals surface area contributed by atoms with Crippen LogP contribution in [0.3, 0.4) is 0 Å². The summed E-state index contributed by atoms with van der Waals surface area (Å²) in [5.74, 6) is 0. The average Bonchev–Trinajstić information content (AvgIpc) is 2.77. The van der Waals surface area contributed by atoms with Crippen molar-refractivity contribution in [1.82, 2.24) is 19.4 Å². The molecule has 0 saturated heterocycles. The van der Waals surface area contributed by atoms with Crippen LogP contribution in [0.2, 0.25) is 0 Å². The summed E-state index contributed by atoms with van der Waals surface area (Å²) in [4.78, 5) is 0.262. The first kappa shape index (κ1) is 17.1. The molecule has 0 aliphatic heterocycles. The van der Waals surface area contributed by atoms with Gasteiger partial charge in [-0.25, -0.2) is 8.42 Å². The molecular formula is C13H26N4O2S. The van der Waals surface area contributed by atoms with Gasteiger partial charge in [-0.3, -0.25) is 4.68 Å². The Morgan fingerprint density at radius 1 is 1.35 bits per heavy atom. The van der Waals surface area contributed by atoms with Crippen LogP contribution in [0.1, 0.15) is 34.6 Å². The first-order valence-electron chi connectivity index (χ1n) is 7.06. The minimum absolute atomic E-state index is 0.0593. The van der Waals surface area contributed by atoms with Crippen molar-refractivity contribution in [3.63, 3.8) is 0 Å². The van der Waals surface area contributed by atoms with E-state index < -0.39 is 10.0 Å². The molecule has 0 bridgehead atoms. The van der Waals surface area contributed by atoms with Crippen molar-refractivity contribution in [3.8, 4) is 0 Å². The number of nitrogens with one attached hydrogen (secondary N) is 1. The summed E-state index contributed by atoms with van der Waals surface area (Å²) in [5, 5.41) is 7.40. The van der Waals surface area contributed by atoms with Gasteiger partial charge in [0.15, 0.2) is 0 Å². The largest absolute Gasteiger partial charge is 0.313 e. The molecule has 1 aromatic rings. The highest BCUT2D eigenvalue weighted by Gasteiger charge is 2.26. The lowest BCUT2D eigenvalue weighted by molar-refractivity contribution is 0.369. The summed E-state index contributed by atoms with van der Waals surface area (Å²) in [7, 11) is -3.44. The van der Waals surface area contributed by atoms with Crippen molar-refractivity contribution >= 4 is 10.0 Å². The molecule has 1 heterocycles. The molecule has 1 N–H and O–H groups in total. The smallest absolute Gasteiger partial charge is 0.246 e. The topological polar surface area (TPSA) is 67.2 Å². The molecule has 0 spiro atoms. The third-order valence-electron chi connectivity index (χ3n) is 3.00. The maximum absolute atomic E-state index is 12.5. The van der Waals surface area contributed by atoms with Gasteiger partial charge in [-0.15, -0.1) is 0 Å². The maximum atomic E-state index is 12.5. The van der Waals surface area contributed by atoms with Crippen LogP contribution in [-0.2, 0) is 16.6 Å². The van der Waals surface area contributed by atoms with Gasteiger partial charge in [-0.1, -0.05) is 20.8 Å². The minimum atomic E-state index is -3.44. The van der Waals surface area contributed by atoms with E-state index in [1.165, 1.54) is 10.5 Å². The lowest BCUT2D eigenvalue weighted by Gasteiger charge is -2.23. The molecule has 0 radical (unpaired) electrons. The molecule has 7 heteroatoms. The van der Waals surface area contributed by atoms with Gasteiger partial charge in [0.2, 0.25) is 10.0 Å². The lowest BCUT2D eigenvalue weighted by atomic mass is 10.4. The fraction of sp³-hybridized carbons (Fsp3) is 0.769. The number of rotatable bonds is 8. The SMILES string of the molecule is CCN(C(C)C)S(=O)(=O)c1cnn(CCNC(C)C)c1. The third kappa shape index (κ3) is 4.29. The zero-order valence-electron chi connectivity index (χ0n) is 13.0. The summed E-state index contributed by atoms with van der Waals surface area (Å²) in [5.41, 5.74) is 0. The van der Waals surface area contributed by atoms with Crippen molar-refractivity contribution in [2.45, 2.75) is 58.1 Å². The van der Waals surface area contributed by atoms with Crippen LogP contribution in [0.25, 0.3) is 0 Å². The number of aromatic nitrogens is 2. The minimum Gasteiger partial charge on any atom is -0.313 e. The van der Waals surface area contributed by atoms with Gasteiger partial charge in [-0.05, 0) is 13.8 Å². The fourth-order valence-electron chi connectivity index (χ4n) is 2.02. The second-order valence-electron chi connectivity index (χ2n) is 5.35. The van der Waals surface area contributed by atoms with Crippen LogP contribution in [0, 0.1) is 0 Å². The lowest BCUT2D eigenvalue weighted by Crippen LogP contribution is -2.36. The van der Waals surface area contributed by atoms with E-state index >= 15 is 0 Å². The van der Waals surface area contributed by atoms with Crippen molar-refractivity contribution in [2.24, 2.45) is 0 Å². The average molecular weight is 302 g/mol. The van der Waals surface area contributed by atoms with Crippen molar-refractivity contribution in [1.29, 1.82) is 0 Å². The molecule has 0 atom stereocenters. The van der Waals surface area contributed by atoms with Crippen molar-refractivity contribution < 1.29 is 8.42 Å². The normalized spacial score (nSPS) is 12.8.